The first-order chi connectivity index (χ1) is 14.7. The number of aromatic nitrogens is 2. The van der Waals surface area contributed by atoms with E-state index in [1.54, 1.807) is 7.11 Å². The van der Waals surface area contributed by atoms with E-state index >= 15 is 0 Å². The van der Waals surface area contributed by atoms with Gasteiger partial charge < -0.3 is 10.1 Å². The van der Waals surface area contributed by atoms with Gasteiger partial charge in [0.2, 0.25) is 0 Å². The third kappa shape index (κ3) is 5.33. The van der Waals surface area contributed by atoms with Crippen LogP contribution in [0.25, 0.3) is 11.3 Å². The van der Waals surface area contributed by atoms with Crippen LogP contribution in [0.15, 0.2) is 12.1 Å². The summed E-state index contributed by atoms with van der Waals surface area (Å²) in [5, 5.41) is 3.57. The number of anilines is 1. The van der Waals surface area contributed by atoms with Gasteiger partial charge in [-0.1, -0.05) is 46.5 Å². The fraction of sp³-hybridized carbons (Fsp3) is 0.615. The molecule has 1 aliphatic rings. The van der Waals surface area contributed by atoms with Crippen molar-refractivity contribution in [2.24, 2.45) is 0 Å². The molecule has 1 aromatic heterocycles. The van der Waals surface area contributed by atoms with E-state index in [1.807, 2.05) is 0 Å². The first kappa shape index (κ1) is 22.6. The molecule has 4 heteroatoms. The van der Waals surface area contributed by atoms with Crippen molar-refractivity contribution in [3.63, 3.8) is 0 Å². The van der Waals surface area contributed by atoms with E-state index in [1.165, 1.54) is 56.1 Å². The second-order valence-electron chi connectivity index (χ2n) is 8.39. The van der Waals surface area contributed by atoms with Gasteiger partial charge >= 0.3 is 0 Å². The lowest BCUT2D eigenvalue weighted by Gasteiger charge is -2.21. The smallest absolute Gasteiger partial charge is 0.148 e. The number of nitrogens with one attached hydrogen (secondary N) is 1. The van der Waals surface area contributed by atoms with Crippen molar-refractivity contribution >= 4 is 5.82 Å². The molecule has 0 fully saturated rings. The van der Waals surface area contributed by atoms with Crippen molar-refractivity contribution in [2.75, 3.05) is 19.0 Å². The van der Waals surface area contributed by atoms with Gasteiger partial charge in [-0.25, -0.2) is 9.97 Å². The van der Waals surface area contributed by atoms with Gasteiger partial charge in [0.15, 0.2) is 0 Å². The number of hydrogen-bond acceptors (Lipinski definition) is 4. The van der Waals surface area contributed by atoms with Gasteiger partial charge in [0.25, 0.3) is 0 Å². The average molecular weight is 410 g/mol. The summed E-state index contributed by atoms with van der Waals surface area (Å²) in [6, 6.07) is 4.55. The lowest BCUT2D eigenvalue weighted by molar-refractivity contribution is 0.415. The number of fused-ring (bicyclic) bond motifs is 1. The Kier molecular flexibility index (Phi) is 8.53. The molecular weight excluding hydrogens is 370 g/mol. The number of unbranched alkanes of at least 4 members (excludes halogenated alkanes) is 4. The molecule has 4 nitrogen and oxygen atoms in total. The van der Waals surface area contributed by atoms with Gasteiger partial charge in [-0.05, 0) is 68.2 Å². The number of ether oxygens (including phenoxy) is 1. The number of benzene rings is 1. The Hall–Kier alpha value is -2.10. The molecule has 0 bridgehead atoms. The zero-order chi connectivity index (χ0) is 21.3. The molecule has 0 saturated heterocycles. The highest BCUT2D eigenvalue weighted by molar-refractivity contribution is 5.72. The van der Waals surface area contributed by atoms with E-state index < -0.39 is 0 Å². The zero-order valence-electron chi connectivity index (χ0n) is 19.4. The Morgan fingerprint density at radius 3 is 2.23 bits per heavy atom. The Labute approximate surface area is 182 Å². The van der Waals surface area contributed by atoms with Gasteiger partial charge in [0.05, 0.1) is 24.2 Å². The Morgan fingerprint density at radius 1 is 0.867 bits per heavy atom. The van der Waals surface area contributed by atoms with Crippen LogP contribution in [0.5, 0.6) is 5.75 Å². The first-order valence-corrected chi connectivity index (χ1v) is 12.1. The molecule has 2 aromatic rings. The Balaban J connectivity index is 1.88. The van der Waals surface area contributed by atoms with E-state index in [0.29, 0.717) is 0 Å². The SMILES string of the molecule is CCCCCCCNc1nc(CC)c(-c2cc3c(cc2OC)CCCC3)nc1CC. The van der Waals surface area contributed by atoms with Crippen LogP contribution in [0.3, 0.4) is 0 Å². The first-order valence-electron chi connectivity index (χ1n) is 12.1. The van der Waals surface area contributed by atoms with Crippen LogP contribution in [-0.4, -0.2) is 23.6 Å². The summed E-state index contributed by atoms with van der Waals surface area (Å²) in [6.45, 7) is 7.55. The maximum Gasteiger partial charge on any atom is 0.148 e. The molecular formula is C26H39N3O. The van der Waals surface area contributed by atoms with Crippen LogP contribution in [0, 0.1) is 0 Å². The molecule has 0 aliphatic heterocycles. The number of aryl methyl sites for hydroxylation is 4. The fourth-order valence-corrected chi connectivity index (χ4v) is 4.41. The van der Waals surface area contributed by atoms with E-state index in [-0.39, 0.29) is 0 Å². The van der Waals surface area contributed by atoms with Gasteiger partial charge in [-0.2, -0.15) is 0 Å². The predicted molar refractivity (Wildman–Crippen MR) is 127 cm³/mol. The van der Waals surface area contributed by atoms with E-state index in [0.717, 1.165) is 66.4 Å². The number of nitrogens with zero attached hydrogens (tertiary/aromatic N) is 2. The standard InChI is InChI=1S/C26H39N3O/c1-5-8-9-10-13-16-27-26-23(7-3)28-25(22(6-2)29-26)21-17-19-14-11-12-15-20(19)18-24(21)30-4/h17-18H,5-16H2,1-4H3,(H,27,29). The molecule has 1 aromatic carbocycles. The molecule has 30 heavy (non-hydrogen) atoms. The normalized spacial score (nSPS) is 13.2. The number of hydrogen-bond donors (Lipinski definition) is 1. The van der Waals surface area contributed by atoms with Crippen molar-refractivity contribution in [1.29, 1.82) is 0 Å². The van der Waals surface area contributed by atoms with Crippen LogP contribution >= 0.6 is 0 Å². The van der Waals surface area contributed by atoms with Crippen molar-refractivity contribution in [3.8, 4) is 17.0 Å². The summed E-state index contributed by atoms with van der Waals surface area (Å²) in [6.07, 6.45) is 13.0. The predicted octanol–water partition coefficient (Wildman–Crippen LogP) is 6.54. The minimum atomic E-state index is 0.859. The molecule has 0 unspecified atom stereocenters. The minimum absolute atomic E-state index is 0.859. The van der Waals surface area contributed by atoms with Crippen molar-refractivity contribution in [2.45, 2.75) is 91.4 Å². The summed E-state index contributed by atoms with van der Waals surface area (Å²) in [4.78, 5) is 10.1. The lowest BCUT2D eigenvalue weighted by Crippen LogP contribution is -2.11. The summed E-state index contributed by atoms with van der Waals surface area (Å²) < 4.78 is 5.80. The summed E-state index contributed by atoms with van der Waals surface area (Å²) >= 11 is 0. The monoisotopic (exact) mass is 409 g/mol. The summed E-state index contributed by atoms with van der Waals surface area (Å²) in [7, 11) is 1.77. The lowest BCUT2D eigenvalue weighted by atomic mass is 9.89. The van der Waals surface area contributed by atoms with Crippen molar-refractivity contribution in [1.82, 2.24) is 9.97 Å². The molecule has 0 atom stereocenters. The van der Waals surface area contributed by atoms with Crippen molar-refractivity contribution < 1.29 is 4.74 Å². The van der Waals surface area contributed by atoms with Crippen LogP contribution < -0.4 is 10.1 Å². The summed E-state index contributed by atoms with van der Waals surface area (Å²) in [5.41, 5.74) is 7.08. The highest BCUT2D eigenvalue weighted by atomic mass is 16.5. The minimum Gasteiger partial charge on any atom is -0.496 e. The second-order valence-corrected chi connectivity index (χ2v) is 8.39. The zero-order valence-corrected chi connectivity index (χ0v) is 19.4. The molecule has 3 rings (SSSR count). The van der Waals surface area contributed by atoms with Crippen molar-refractivity contribution in [3.05, 3.63) is 34.6 Å². The van der Waals surface area contributed by atoms with E-state index in [9.17, 15) is 0 Å². The van der Waals surface area contributed by atoms with Gasteiger partial charge in [0, 0.05) is 12.1 Å². The molecule has 1 N–H and O–H groups in total. The van der Waals surface area contributed by atoms with Crippen LogP contribution in [0.1, 0.15) is 88.2 Å². The highest BCUT2D eigenvalue weighted by Crippen LogP contribution is 2.37. The Morgan fingerprint density at radius 2 is 1.57 bits per heavy atom. The van der Waals surface area contributed by atoms with Gasteiger partial charge in [-0.3, -0.25) is 0 Å². The number of methoxy groups -OCH3 is 1. The van der Waals surface area contributed by atoms with Gasteiger partial charge in [-0.15, -0.1) is 0 Å². The van der Waals surface area contributed by atoms with Crippen LogP contribution in [-0.2, 0) is 25.7 Å². The summed E-state index contributed by atoms with van der Waals surface area (Å²) in [5.74, 6) is 1.89. The third-order valence-electron chi connectivity index (χ3n) is 6.20. The highest BCUT2D eigenvalue weighted by Gasteiger charge is 2.20. The maximum atomic E-state index is 5.80. The molecule has 0 saturated carbocycles. The van der Waals surface area contributed by atoms with Crippen LogP contribution in [0.4, 0.5) is 5.82 Å². The fourth-order valence-electron chi connectivity index (χ4n) is 4.41. The van der Waals surface area contributed by atoms with E-state index in [2.05, 4.69) is 38.2 Å². The number of rotatable bonds is 11. The molecule has 1 aliphatic carbocycles. The molecule has 164 valence electrons. The van der Waals surface area contributed by atoms with Gasteiger partial charge in [0.1, 0.15) is 11.6 Å². The largest absolute Gasteiger partial charge is 0.496 e. The molecule has 1 heterocycles. The quantitative estimate of drug-likeness (QED) is 0.428. The third-order valence-corrected chi connectivity index (χ3v) is 6.20. The van der Waals surface area contributed by atoms with Crippen LogP contribution in [0.2, 0.25) is 0 Å². The second kappa shape index (κ2) is 11.3. The van der Waals surface area contributed by atoms with E-state index in [4.69, 9.17) is 14.7 Å². The Bertz CT molecular complexity index is 832. The maximum absolute atomic E-state index is 5.80. The molecule has 0 radical (unpaired) electrons. The average Bonchev–Trinajstić information content (AvgIpc) is 2.79. The topological polar surface area (TPSA) is 47.0 Å². The molecule has 0 spiro atoms. The molecule has 0 amide bonds.